The number of aromatic nitrogens is 6. The topological polar surface area (TPSA) is 90.4 Å². The molecular formula is C26H31N7O2. The summed E-state index contributed by atoms with van der Waals surface area (Å²) in [6.07, 6.45) is 7.55. The predicted molar refractivity (Wildman–Crippen MR) is 132 cm³/mol. The van der Waals surface area contributed by atoms with Crippen LogP contribution in [0.4, 0.5) is 4.79 Å². The molecule has 2 fully saturated rings. The Morgan fingerprint density at radius 1 is 1.06 bits per heavy atom. The molecule has 6 rings (SSSR count). The smallest absolute Gasteiger partial charge is 0.410 e. The molecule has 1 unspecified atom stereocenters. The zero-order chi connectivity index (χ0) is 24.5. The molecule has 2 aliphatic rings. The maximum atomic E-state index is 12.8. The van der Waals surface area contributed by atoms with E-state index in [1.165, 1.54) is 0 Å². The number of piperidine rings is 1. The molecule has 0 bridgehead atoms. The molecule has 1 spiro atoms. The van der Waals surface area contributed by atoms with Crippen molar-refractivity contribution in [3.63, 3.8) is 0 Å². The lowest BCUT2D eigenvalue weighted by atomic mass is 9.95. The zero-order valence-electron chi connectivity index (χ0n) is 20.9. The van der Waals surface area contributed by atoms with Crippen LogP contribution in [0.3, 0.4) is 0 Å². The molecule has 1 aliphatic carbocycles. The summed E-state index contributed by atoms with van der Waals surface area (Å²) in [7, 11) is 0. The van der Waals surface area contributed by atoms with Crippen molar-refractivity contribution in [3.05, 3.63) is 41.9 Å². The van der Waals surface area contributed by atoms with Gasteiger partial charge in [0.2, 0.25) is 0 Å². The van der Waals surface area contributed by atoms with E-state index in [2.05, 4.69) is 9.67 Å². The molecule has 4 aromatic heterocycles. The molecule has 1 saturated heterocycles. The van der Waals surface area contributed by atoms with Crippen molar-refractivity contribution in [2.24, 2.45) is 0 Å². The van der Waals surface area contributed by atoms with Crippen molar-refractivity contribution >= 4 is 22.8 Å². The molecule has 9 heteroatoms. The molecule has 1 amide bonds. The van der Waals surface area contributed by atoms with Gasteiger partial charge < -0.3 is 9.64 Å². The number of carbonyl (C=O) groups excluding carboxylic acids is 1. The number of hydrogen-bond acceptors (Lipinski definition) is 6. The van der Waals surface area contributed by atoms with E-state index in [9.17, 15) is 4.79 Å². The molecule has 35 heavy (non-hydrogen) atoms. The fraction of sp³-hybridized carbons (Fsp3) is 0.500. The van der Waals surface area contributed by atoms with Gasteiger partial charge in [0.25, 0.3) is 0 Å². The first kappa shape index (κ1) is 22.0. The summed E-state index contributed by atoms with van der Waals surface area (Å²) >= 11 is 0. The number of rotatable bonds is 2. The van der Waals surface area contributed by atoms with E-state index < -0.39 is 5.60 Å². The van der Waals surface area contributed by atoms with Crippen molar-refractivity contribution in [2.45, 2.75) is 77.5 Å². The summed E-state index contributed by atoms with van der Waals surface area (Å²) in [5, 5.41) is 9.57. The molecule has 1 atom stereocenters. The third-order valence-corrected chi connectivity index (χ3v) is 7.06. The molecule has 9 nitrogen and oxygen atoms in total. The highest BCUT2D eigenvalue weighted by Crippen LogP contribution is 2.51. The second-order valence-corrected chi connectivity index (χ2v) is 11.1. The standard InChI is InChI=1S/C26H31N7O2/c1-16-12-21(30-33-14-17(2)27-23(16)33)19-6-7-20-22(28-19)15-32(29-20)18-8-11-31(26(13-18)9-10-26)24(34)35-25(3,4)5/h6-7,12,14-15,18H,8-11,13H2,1-5H3. The van der Waals surface area contributed by atoms with Crippen LogP contribution >= 0.6 is 0 Å². The SMILES string of the molecule is Cc1cn2nc(-c3ccc4nn(C5CCN(C(=O)OC(C)(C)C)C6(CC6)C5)cc4n3)cc(C)c2n1. The number of likely N-dealkylation sites (tertiary alicyclic amines) is 1. The lowest BCUT2D eigenvalue weighted by molar-refractivity contribution is 0.0000126. The van der Waals surface area contributed by atoms with Crippen molar-refractivity contribution < 1.29 is 9.53 Å². The first-order valence-corrected chi connectivity index (χ1v) is 12.3. The van der Waals surface area contributed by atoms with Gasteiger partial charge in [0.1, 0.15) is 22.3 Å². The fourth-order valence-corrected chi connectivity index (χ4v) is 5.24. The number of nitrogens with zero attached hydrogens (tertiary/aromatic N) is 7. The van der Waals surface area contributed by atoms with Crippen LogP contribution in [0.5, 0.6) is 0 Å². The van der Waals surface area contributed by atoms with E-state index in [0.29, 0.717) is 6.54 Å². The summed E-state index contributed by atoms with van der Waals surface area (Å²) in [6.45, 7) is 10.4. The van der Waals surface area contributed by atoms with Gasteiger partial charge in [-0.15, -0.1) is 0 Å². The number of ether oxygens (including phenoxy) is 1. The van der Waals surface area contributed by atoms with Crippen molar-refractivity contribution in [2.75, 3.05) is 6.54 Å². The van der Waals surface area contributed by atoms with Crippen LogP contribution < -0.4 is 0 Å². The number of fused-ring (bicyclic) bond motifs is 2. The summed E-state index contributed by atoms with van der Waals surface area (Å²) in [5.41, 5.74) is 5.63. The lowest BCUT2D eigenvalue weighted by Gasteiger charge is -2.40. The molecule has 1 saturated carbocycles. The van der Waals surface area contributed by atoms with E-state index in [0.717, 1.165) is 65.0 Å². The van der Waals surface area contributed by atoms with Crippen LogP contribution in [0.1, 0.15) is 63.8 Å². The van der Waals surface area contributed by atoms with Crippen LogP contribution in [-0.4, -0.2) is 58.0 Å². The van der Waals surface area contributed by atoms with E-state index in [1.807, 2.05) is 74.6 Å². The number of aryl methyl sites for hydroxylation is 2. The van der Waals surface area contributed by atoms with Crippen LogP contribution in [-0.2, 0) is 4.74 Å². The van der Waals surface area contributed by atoms with E-state index in [1.54, 1.807) is 0 Å². The summed E-state index contributed by atoms with van der Waals surface area (Å²) in [4.78, 5) is 24.2. The van der Waals surface area contributed by atoms with Gasteiger partial charge in [-0.1, -0.05) is 0 Å². The fourth-order valence-electron chi connectivity index (χ4n) is 5.24. The molecule has 4 aromatic rings. The van der Waals surface area contributed by atoms with Gasteiger partial charge in [-0.3, -0.25) is 4.68 Å². The summed E-state index contributed by atoms with van der Waals surface area (Å²) in [5.74, 6) is 0. The molecule has 182 valence electrons. The summed E-state index contributed by atoms with van der Waals surface area (Å²) < 4.78 is 9.55. The number of hydrogen-bond donors (Lipinski definition) is 0. The van der Waals surface area contributed by atoms with E-state index >= 15 is 0 Å². The molecule has 5 heterocycles. The molecule has 0 N–H and O–H groups in total. The number of pyridine rings is 1. The van der Waals surface area contributed by atoms with Crippen LogP contribution in [0.2, 0.25) is 0 Å². The number of imidazole rings is 1. The van der Waals surface area contributed by atoms with Crippen molar-refractivity contribution in [3.8, 4) is 11.4 Å². The largest absolute Gasteiger partial charge is 0.444 e. The third kappa shape index (κ3) is 3.92. The van der Waals surface area contributed by atoms with Crippen molar-refractivity contribution in [1.82, 2.24) is 34.3 Å². The van der Waals surface area contributed by atoms with Crippen LogP contribution in [0, 0.1) is 13.8 Å². The normalized spacial score (nSPS) is 19.6. The predicted octanol–water partition coefficient (Wildman–Crippen LogP) is 4.86. The summed E-state index contributed by atoms with van der Waals surface area (Å²) in [6, 6.07) is 6.25. The van der Waals surface area contributed by atoms with Crippen LogP contribution in [0.15, 0.2) is 30.6 Å². The quantitative estimate of drug-likeness (QED) is 0.413. The molecular weight excluding hydrogens is 442 g/mol. The number of carbonyl (C=O) groups is 1. The second kappa shape index (κ2) is 7.50. The first-order chi connectivity index (χ1) is 16.6. The van der Waals surface area contributed by atoms with Gasteiger partial charge >= 0.3 is 6.09 Å². The Morgan fingerprint density at radius 2 is 1.86 bits per heavy atom. The Labute approximate surface area is 204 Å². The first-order valence-electron chi connectivity index (χ1n) is 12.3. The highest BCUT2D eigenvalue weighted by Gasteiger charge is 2.54. The Morgan fingerprint density at radius 3 is 2.60 bits per heavy atom. The van der Waals surface area contributed by atoms with Gasteiger partial charge in [-0.05, 0) is 84.1 Å². The Kier molecular flexibility index (Phi) is 4.72. The Hall–Kier alpha value is -3.49. The maximum Gasteiger partial charge on any atom is 0.410 e. The Balaban J connectivity index is 1.26. The monoisotopic (exact) mass is 473 g/mol. The maximum absolute atomic E-state index is 12.8. The highest BCUT2D eigenvalue weighted by atomic mass is 16.6. The lowest BCUT2D eigenvalue weighted by Crippen LogP contribution is -2.50. The molecule has 0 radical (unpaired) electrons. The highest BCUT2D eigenvalue weighted by molar-refractivity contribution is 5.77. The average Bonchev–Trinajstić information content (AvgIpc) is 3.23. The molecule has 0 aromatic carbocycles. The van der Waals surface area contributed by atoms with Gasteiger partial charge in [-0.25, -0.2) is 19.3 Å². The Bertz CT molecular complexity index is 1460. The molecule has 1 aliphatic heterocycles. The minimum Gasteiger partial charge on any atom is -0.444 e. The minimum atomic E-state index is -0.484. The minimum absolute atomic E-state index is 0.0955. The zero-order valence-corrected chi connectivity index (χ0v) is 20.9. The number of amides is 1. The van der Waals surface area contributed by atoms with Gasteiger partial charge in [-0.2, -0.15) is 10.2 Å². The van der Waals surface area contributed by atoms with Crippen LogP contribution in [0.25, 0.3) is 28.1 Å². The van der Waals surface area contributed by atoms with Crippen molar-refractivity contribution in [1.29, 1.82) is 0 Å². The van der Waals surface area contributed by atoms with E-state index in [4.69, 9.17) is 19.9 Å². The van der Waals surface area contributed by atoms with Gasteiger partial charge in [0.15, 0.2) is 5.65 Å². The van der Waals surface area contributed by atoms with Gasteiger partial charge in [0.05, 0.1) is 29.8 Å². The third-order valence-electron chi connectivity index (χ3n) is 7.06. The second-order valence-electron chi connectivity index (χ2n) is 11.1. The average molecular weight is 474 g/mol. The van der Waals surface area contributed by atoms with Gasteiger partial charge in [0, 0.05) is 12.1 Å². The van der Waals surface area contributed by atoms with E-state index in [-0.39, 0.29) is 17.7 Å².